The Morgan fingerprint density at radius 2 is 1.92 bits per heavy atom. The van der Waals surface area contributed by atoms with Gasteiger partial charge in [0.05, 0.1) is 0 Å². The van der Waals surface area contributed by atoms with E-state index in [1.54, 1.807) is 29.2 Å². The fourth-order valence-corrected chi connectivity index (χ4v) is 3.15. The number of anilines is 1. The van der Waals surface area contributed by atoms with Crippen molar-refractivity contribution in [2.75, 3.05) is 18.4 Å². The van der Waals surface area contributed by atoms with Gasteiger partial charge in [0.2, 0.25) is 11.8 Å². The first-order valence-electron chi connectivity index (χ1n) is 8.22. The van der Waals surface area contributed by atoms with Crippen LogP contribution in [-0.2, 0) is 14.4 Å². The Morgan fingerprint density at radius 3 is 2.52 bits per heavy atom. The number of piperidine rings is 1. The van der Waals surface area contributed by atoms with Gasteiger partial charge >= 0.3 is 6.03 Å². The van der Waals surface area contributed by atoms with Gasteiger partial charge < -0.3 is 15.5 Å². The SMILES string of the molecule is CC(=O)N1CCC(C(=O)Nc2cccc(C3NC(=O)NC3=O)c2)CC1. The summed E-state index contributed by atoms with van der Waals surface area (Å²) in [7, 11) is 0. The van der Waals surface area contributed by atoms with E-state index in [0.29, 0.717) is 37.2 Å². The highest BCUT2D eigenvalue weighted by atomic mass is 16.2. The molecule has 8 heteroatoms. The normalized spacial score (nSPS) is 20.8. The number of rotatable bonds is 3. The summed E-state index contributed by atoms with van der Waals surface area (Å²) in [6, 6.07) is 5.58. The van der Waals surface area contributed by atoms with E-state index in [9.17, 15) is 19.2 Å². The molecule has 2 fully saturated rings. The highest BCUT2D eigenvalue weighted by Crippen LogP contribution is 2.23. The molecule has 8 nitrogen and oxygen atoms in total. The van der Waals surface area contributed by atoms with E-state index in [-0.39, 0.29) is 17.7 Å². The minimum absolute atomic E-state index is 0.0310. The van der Waals surface area contributed by atoms with Crippen molar-refractivity contribution in [1.82, 2.24) is 15.5 Å². The van der Waals surface area contributed by atoms with E-state index in [0.717, 1.165) is 0 Å². The van der Waals surface area contributed by atoms with Crippen LogP contribution < -0.4 is 16.0 Å². The summed E-state index contributed by atoms with van der Waals surface area (Å²) in [5, 5.41) is 7.57. The van der Waals surface area contributed by atoms with Crippen molar-refractivity contribution in [3.8, 4) is 0 Å². The second-order valence-electron chi connectivity index (χ2n) is 6.29. The molecule has 0 aromatic heterocycles. The topological polar surface area (TPSA) is 108 Å². The second kappa shape index (κ2) is 6.92. The Morgan fingerprint density at radius 1 is 1.20 bits per heavy atom. The van der Waals surface area contributed by atoms with E-state index in [4.69, 9.17) is 0 Å². The Kier molecular flexibility index (Phi) is 4.69. The molecule has 132 valence electrons. The number of hydrogen-bond donors (Lipinski definition) is 3. The van der Waals surface area contributed by atoms with Crippen molar-refractivity contribution in [2.45, 2.75) is 25.8 Å². The number of benzene rings is 1. The van der Waals surface area contributed by atoms with Gasteiger partial charge in [-0.25, -0.2) is 4.79 Å². The molecule has 2 heterocycles. The molecule has 3 rings (SSSR count). The summed E-state index contributed by atoms with van der Waals surface area (Å²) in [6.45, 7) is 2.70. The van der Waals surface area contributed by atoms with Crippen LogP contribution in [0.4, 0.5) is 10.5 Å². The number of carbonyl (C=O) groups is 4. The summed E-state index contributed by atoms with van der Waals surface area (Å²) in [5.41, 5.74) is 1.18. The number of nitrogens with one attached hydrogen (secondary N) is 3. The summed E-state index contributed by atoms with van der Waals surface area (Å²) in [4.78, 5) is 48.5. The van der Waals surface area contributed by atoms with Gasteiger partial charge in [0, 0.05) is 31.6 Å². The molecule has 3 N–H and O–H groups in total. The van der Waals surface area contributed by atoms with Crippen molar-refractivity contribution in [3.05, 3.63) is 29.8 Å². The van der Waals surface area contributed by atoms with Gasteiger partial charge in [-0.05, 0) is 30.5 Å². The number of nitrogens with zero attached hydrogens (tertiary/aromatic N) is 1. The first kappa shape index (κ1) is 16.9. The molecular weight excluding hydrogens is 324 g/mol. The number of amides is 5. The third-order valence-electron chi connectivity index (χ3n) is 4.57. The smallest absolute Gasteiger partial charge is 0.322 e. The molecule has 1 aromatic carbocycles. The lowest BCUT2D eigenvalue weighted by atomic mass is 9.95. The third kappa shape index (κ3) is 3.78. The third-order valence-corrected chi connectivity index (χ3v) is 4.57. The fourth-order valence-electron chi connectivity index (χ4n) is 3.15. The van der Waals surface area contributed by atoms with E-state index >= 15 is 0 Å². The molecule has 1 atom stereocenters. The maximum absolute atomic E-state index is 12.4. The zero-order chi connectivity index (χ0) is 18.0. The summed E-state index contributed by atoms with van der Waals surface area (Å²) >= 11 is 0. The van der Waals surface area contributed by atoms with Gasteiger partial charge in [-0.2, -0.15) is 0 Å². The van der Waals surface area contributed by atoms with Crippen LogP contribution in [0.15, 0.2) is 24.3 Å². The zero-order valence-corrected chi connectivity index (χ0v) is 13.9. The zero-order valence-electron chi connectivity index (χ0n) is 13.9. The van der Waals surface area contributed by atoms with Crippen molar-refractivity contribution >= 4 is 29.4 Å². The van der Waals surface area contributed by atoms with Crippen LogP contribution in [0.1, 0.15) is 31.4 Å². The lowest BCUT2D eigenvalue weighted by Gasteiger charge is -2.30. The van der Waals surface area contributed by atoms with Crippen LogP contribution in [0.3, 0.4) is 0 Å². The molecule has 0 spiro atoms. The average molecular weight is 344 g/mol. The number of hydrogen-bond acceptors (Lipinski definition) is 4. The maximum atomic E-state index is 12.4. The molecule has 0 aliphatic carbocycles. The molecule has 0 bridgehead atoms. The molecule has 0 radical (unpaired) electrons. The quantitative estimate of drug-likeness (QED) is 0.704. The molecular formula is C17H20N4O4. The second-order valence-corrected chi connectivity index (χ2v) is 6.29. The minimum Gasteiger partial charge on any atom is -0.343 e. The molecule has 1 unspecified atom stereocenters. The molecule has 2 aliphatic heterocycles. The highest BCUT2D eigenvalue weighted by molar-refractivity contribution is 6.04. The first-order chi connectivity index (χ1) is 11.9. The molecule has 25 heavy (non-hydrogen) atoms. The van der Waals surface area contributed by atoms with E-state index in [2.05, 4.69) is 16.0 Å². The highest BCUT2D eigenvalue weighted by Gasteiger charge is 2.31. The monoisotopic (exact) mass is 344 g/mol. The van der Waals surface area contributed by atoms with Crippen LogP contribution in [-0.4, -0.2) is 41.7 Å². The Balaban J connectivity index is 1.62. The molecule has 2 aliphatic rings. The molecule has 5 amide bonds. The summed E-state index contributed by atoms with van der Waals surface area (Å²) in [6.07, 6.45) is 1.26. The van der Waals surface area contributed by atoms with Gasteiger partial charge in [0.1, 0.15) is 6.04 Å². The first-order valence-corrected chi connectivity index (χ1v) is 8.22. The van der Waals surface area contributed by atoms with Gasteiger partial charge in [-0.1, -0.05) is 12.1 Å². The van der Waals surface area contributed by atoms with Crippen molar-refractivity contribution in [1.29, 1.82) is 0 Å². The van der Waals surface area contributed by atoms with E-state index in [1.165, 1.54) is 6.92 Å². The average Bonchev–Trinajstić information content (AvgIpc) is 2.93. The van der Waals surface area contributed by atoms with Gasteiger partial charge in [-0.3, -0.25) is 19.7 Å². The fraction of sp³-hybridized carbons (Fsp3) is 0.412. The summed E-state index contributed by atoms with van der Waals surface area (Å²) in [5.74, 6) is -0.623. The van der Waals surface area contributed by atoms with E-state index < -0.39 is 18.0 Å². The lowest BCUT2D eigenvalue weighted by Crippen LogP contribution is -2.40. The predicted octanol–water partition coefficient (Wildman–Crippen LogP) is 0.764. The largest absolute Gasteiger partial charge is 0.343 e. The Labute approximate surface area is 144 Å². The van der Waals surface area contributed by atoms with Gasteiger partial charge in [0.25, 0.3) is 5.91 Å². The standard InChI is InChI=1S/C17H20N4O4/c1-10(22)21-7-5-11(6-8-21)15(23)18-13-4-2-3-12(9-13)14-16(24)20-17(25)19-14/h2-4,9,11,14H,5-8H2,1H3,(H,18,23)(H2,19,20,24,25). The number of urea groups is 1. The number of likely N-dealkylation sites (tertiary alicyclic amines) is 1. The van der Waals surface area contributed by atoms with Crippen LogP contribution >= 0.6 is 0 Å². The van der Waals surface area contributed by atoms with Crippen molar-refractivity contribution < 1.29 is 19.2 Å². The Hall–Kier alpha value is -2.90. The maximum Gasteiger partial charge on any atom is 0.322 e. The van der Waals surface area contributed by atoms with Crippen LogP contribution in [0.25, 0.3) is 0 Å². The molecule has 1 aromatic rings. The van der Waals surface area contributed by atoms with Crippen molar-refractivity contribution in [3.63, 3.8) is 0 Å². The lowest BCUT2D eigenvalue weighted by molar-refractivity contribution is -0.132. The number of carbonyl (C=O) groups excluding carboxylic acids is 4. The van der Waals surface area contributed by atoms with Gasteiger partial charge in [0.15, 0.2) is 0 Å². The van der Waals surface area contributed by atoms with Gasteiger partial charge in [-0.15, -0.1) is 0 Å². The van der Waals surface area contributed by atoms with Crippen LogP contribution in [0.5, 0.6) is 0 Å². The molecule has 2 saturated heterocycles. The molecule has 0 saturated carbocycles. The minimum atomic E-state index is -0.747. The van der Waals surface area contributed by atoms with Crippen LogP contribution in [0.2, 0.25) is 0 Å². The van der Waals surface area contributed by atoms with Crippen LogP contribution in [0, 0.1) is 5.92 Å². The Bertz CT molecular complexity index is 725. The van der Waals surface area contributed by atoms with Crippen molar-refractivity contribution in [2.24, 2.45) is 5.92 Å². The predicted molar refractivity (Wildman–Crippen MR) is 89.5 cm³/mol. The van der Waals surface area contributed by atoms with E-state index in [1.807, 2.05) is 0 Å². The number of imide groups is 1. The summed E-state index contributed by atoms with van der Waals surface area (Å²) < 4.78 is 0.